The van der Waals surface area contributed by atoms with Crippen LogP contribution in [0.3, 0.4) is 0 Å². The number of phenolic OH excluding ortho intramolecular Hbond substituents is 1. The van der Waals surface area contributed by atoms with Crippen LogP contribution in [0, 0.1) is 0 Å². The van der Waals surface area contributed by atoms with Gasteiger partial charge >= 0.3 is 5.69 Å². The lowest BCUT2D eigenvalue weighted by molar-refractivity contribution is 0.477. The summed E-state index contributed by atoms with van der Waals surface area (Å²) in [4.78, 5) is 26.8. The summed E-state index contributed by atoms with van der Waals surface area (Å²) in [6, 6.07) is 3.68. The number of aromatic amines is 1. The molecule has 0 saturated carbocycles. The number of sulfone groups is 1. The van der Waals surface area contributed by atoms with E-state index in [0.29, 0.717) is 0 Å². The fraction of sp³-hybridized carbons (Fsp3) is 0.333. The number of phenols is 1. The second-order valence-electron chi connectivity index (χ2n) is 4.86. The first-order valence-corrected chi connectivity index (χ1v) is 7.88. The van der Waals surface area contributed by atoms with Crippen LogP contribution < -0.4 is 11.2 Å². The molecule has 2 N–H and O–H groups in total. The molecular weight excluding hydrogens is 284 g/mol. The molecule has 1 aromatic carbocycles. The molecule has 2 heterocycles. The summed E-state index contributed by atoms with van der Waals surface area (Å²) in [7, 11) is -3.22. The lowest BCUT2D eigenvalue weighted by atomic mass is 10.2. The van der Waals surface area contributed by atoms with Gasteiger partial charge in [0.05, 0.1) is 23.1 Å². The normalized spacial score (nSPS) is 21.3. The highest BCUT2D eigenvalue weighted by molar-refractivity contribution is 7.91. The number of aromatic nitrogens is 2. The molecule has 106 valence electrons. The second kappa shape index (κ2) is 4.20. The molecule has 1 aliphatic rings. The molecular formula is C12H12N2O5S. The summed E-state index contributed by atoms with van der Waals surface area (Å²) in [6.07, 6.45) is 0.227. The molecule has 1 saturated heterocycles. The molecule has 8 heteroatoms. The van der Waals surface area contributed by atoms with E-state index >= 15 is 0 Å². The van der Waals surface area contributed by atoms with Gasteiger partial charge in [0.2, 0.25) is 0 Å². The number of nitrogens with zero attached hydrogens (tertiary/aromatic N) is 1. The van der Waals surface area contributed by atoms with Gasteiger partial charge in [-0.15, -0.1) is 0 Å². The standard InChI is InChI=1S/C12H12N2O5S/c15-9-3-1-2-8-10(9)11(16)14(12(17)13-8)7-4-5-20(18,19)6-7/h1-3,7,15H,4-6H2,(H,13,17). The minimum Gasteiger partial charge on any atom is -0.507 e. The molecule has 1 atom stereocenters. The monoisotopic (exact) mass is 296 g/mol. The van der Waals surface area contributed by atoms with Crippen molar-refractivity contribution in [1.82, 2.24) is 9.55 Å². The van der Waals surface area contributed by atoms with E-state index in [2.05, 4.69) is 4.98 Å². The number of hydrogen-bond donors (Lipinski definition) is 2. The molecule has 0 aliphatic carbocycles. The van der Waals surface area contributed by atoms with Crippen LogP contribution in [0.1, 0.15) is 12.5 Å². The van der Waals surface area contributed by atoms with Crippen LogP contribution in [0.4, 0.5) is 0 Å². The predicted molar refractivity (Wildman–Crippen MR) is 72.8 cm³/mol. The first-order chi connectivity index (χ1) is 9.39. The zero-order valence-corrected chi connectivity index (χ0v) is 11.2. The van der Waals surface area contributed by atoms with Crippen molar-refractivity contribution in [3.8, 4) is 5.75 Å². The van der Waals surface area contributed by atoms with E-state index in [4.69, 9.17) is 0 Å². The summed E-state index contributed by atoms with van der Waals surface area (Å²) in [5, 5.41) is 9.76. The highest BCUT2D eigenvalue weighted by atomic mass is 32.2. The Hall–Kier alpha value is -2.09. The van der Waals surface area contributed by atoms with E-state index < -0.39 is 27.1 Å². The van der Waals surface area contributed by atoms with Crippen LogP contribution in [-0.4, -0.2) is 34.6 Å². The maximum absolute atomic E-state index is 12.4. The van der Waals surface area contributed by atoms with Crippen molar-refractivity contribution >= 4 is 20.7 Å². The third-order valence-corrected chi connectivity index (χ3v) is 5.26. The van der Waals surface area contributed by atoms with Crippen LogP contribution in [0.15, 0.2) is 27.8 Å². The Bertz CT molecular complexity index is 910. The van der Waals surface area contributed by atoms with E-state index in [1.807, 2.05) is 0 Å². The summed E-state index contributed by atoms with van der Waals surface area (Å²) in [6.45, 7) is 0. The summed E-state index contributed by atoms with van der Waals surface area (Å²) >= 11 is 0. The average Bonchev–Trinajstić information content (AvgIpc) is 2.69. The Kier molecular flexibility index (Phi) is 2.72. The number of H-pyrrole nitrogens is 1. The first kappa shape index (κ1) is 12.9. The van der Waals surface area contributed by atoms with Gasteiger partial charge in [0.15, 0.2) is 9.84 Å². The molecule has 1 aromatic heterocycles. The summed E-state index contributed by atoms with van der Waals surface area (Å²) in [5.41, 5.74) is -1.09. The van der Waals surface area contributed by atoms with E-state index in [1.165, 1.54) is 18.2 Å². The van der Waals surface area contributed by atoms with Crippen LogP contribution in [0.2, 0.25) is 0 Å². The van der Waals surface area contributed by atoms with Crippen molar-refractivity contribution < 1.29 is 13.5 Å². The lowest BCUT2D eigenvalue weighted by Gasteiger charge is -2.12. The number of rotatable bonds is 1. The fourth-order valence-corrected chi connectivity index (χ4v) is 4.27. The van der Waals surface area contributed by atoms with Crippen molar-refractivity contribution in [1.29, 1.82) is 0 Å². The SMILES string of the molecule is O=c1[nH]c2cccc(O)c2c(=O)n1C1CCS(=O)(=O)C1. The van der Waals surface area contributed by atoms with Crippen molar-refractivity contribution in [3.05, 3.63) is 39.0 Å². The molecule has 1 fully saturated rings. The molecule has 1 aliphatic heterocycles. The molecule has 3 rings (SSSR count). The van der Waals surface area contributed by atoms with Gasteiger partial charge < -0.3 is 10.1 Å². The quantitative estimate of drug-likeness (QED) is 0.754. The number of fused-ring (bicyclic) bond motifs is 1. The zero-order valence-electron chi connectivity index (χ0n) is 10.4. The minimum atomic E-state index is -3.22. The van der Waals surface area contributed by atoms with Gasteiger partial charge in [0, 0.05) is 0 Å². The van der Waals surface area contributed by atoms with Gasteiger partial charge in [-0.2, -0.15) is 0 Å². The lowest BCUT2D eigenvalue weighted by Crippen LogP contribution is -2.38. The maximum atomic E-state index is 12.4. The Labute approximate surface area is 113 Å². The minimum absolute atomic E-state index is 0.00334. The largest absolute Gasteiger partial charge is 0.507 e. The maximum Gasteiger partial charge on any atom is 0.329 e. The Morgan fingerprint density at radius 2 is 2.05 bits per heavy atom. The third-order valence-electron chi connectivity index (χ3n) is 3.51. The number of benzene rings is 1. The molecule has 1 unspecified atom stereocenters. The summed E-state index contributed by atoms with van der Waals surface area (Å²) in [5.74, 6) is -0.504. The molecule has 0 spiro atoms. The van der Waals surface area contributed by atoms with E-state index in [0.717, 1.165) is 4.57 Å². The average molecular weight is 296 g/mol. The van der Waals surface area contributed by atoms with Gasteiger partial charge in [-0.1, -0.05) is 6.07 Å². The first-order valence-electron chi connectivity index (χ1n) is 6.06. The van der Waals surface area contributed by atoms with E-state index in [1.54, 1.807) is 0 Å². The second-order valence-corrected chi connectivity index (χ2v) is 7.09. The smallest absolute Gasteiger partial charge is 0.329 e. The van der Waals surface area contributed by atoms with Gasteiger partial charge in [-0.3, -0.25) is 9.36 Å². The third kappa shape index (κ3) is 1.92. The van der Waals surface area contributed by atoms with Gasteiger partial charge in [0.25, 0.3) is 5.56 Å². The zero-order chi connectivity index (χ0) is 14.5. The topological polar surface area (TPSA) is 109 Å². The van der Waals surface area contributed by atoms with Crippen LogP contribution >= 0.6 is 0 Å². The predicted octanol–water partition coefficient (Wildman–Crippen LogP) is -0.245. The van der Waals surface area contributed by atoms with Gasteiger partial charge in [-0.25, -0.2) is 13.2 Å². The number of hydrogen-bond acceptors (Lipinski definition) is 5. The molecule has 0 radical (unpaired) electrons. The van der Waals surface area contributed by atoms with Crippen molar-refractivity contribution in [2.24, 2.45) is 0 Å². The van der Waals surface area contributed by atoms with Crippen molar-refractivity contribution in [2.75, 3.05) is 11.5 Å². The van der Waals surface area contributed by atoms with Gasteiger partial charge in [0.1, 0.15) is 11.1 Å². The van der Waals surface area contributed by atoms with Crippen LogP contribution in [0.25, 0.3) is 10.9 Å². The summed E-state index contributed by atoms with van der Waals surface area (Å²) < 4.78 is 23.9. The highest BCUT2D eigenvalue weighted by Gasteiger charge is 2.31. The molecule has 2 aromatic rings. The van der Waals surface area contributed by atoms with Crippen LogP contribution in [-0.2, 0) is 9.84 Å². The van der Waals surface area contributed by atoms with Crippen molar-refractivity contribution in [3.63, 3.8) is 0 Å². The van der Waals surface area contributed by atoms with E-state index in [-0.39, 0.29) is 34.6 Å². The molecule has 0 amide bonds. The Morgan fingerprint density at radius 1 is 1.30 bits per heavy atom. The number of aromatic hydroxyl groups is 1. The Morgan fingerprint density at radius 3 is 2.70 bits per heavy atom. The highest BCUT2D eigenvalue weighted by Crippen LogP contribution is 2.23. The van der Waals surface area contributed by atoms with Gasteiger partial charge in [-0.05, 0) is 18.6 Å². The molecule has 7 nitrogen and oxygen atoms in total. The Balaban J connectivity index is 2.30. The van der Waals surface area contributed by atoms with Crippen LogP contribution in [0.5, 0.6) is 5.75 Å². The number of nitrogens with one attached hydrogen (secondary N) is 1. The van der Waals surface area contributed by atoms with Crippen molar-refractivity contribution in [2.45, 2.75) is 12.5 Å². The molecule has 20 heavy (non-hydrogen) atoms. The van der Waals surface area contributed by atoms with E-state index in [9.17, 15) is 23.1 Å². The molecule has 0 bridgehead atoms. The fourth-order valence-electron chi connectivity index (χ4n) is 2.57.